The van der Waals surface area contributed by atoms with Gasteiger partial charge in [0.15, 0.2) is 4.90 Å². The zero-order valence-electron chi connectivity index (χ0n) is 19.9. The molecule has 10 heteroatoms. The van der Waals surface area contributed by atoms with Crippen LogP contribution in [0.15, 0.2) is 64.4 Å². The van der Waals surface area contributed by atoms with Gasteiger partial charge >= 0.3 is 0 Å². The second kappa shape index (κ2) is 9.27. The third kappa shape index (κ3) is 4.98. The lowest BCUT2D eigenvalue weighted by molar-refractivity contribution is 0.0981. The number of aromatic nitrogens is 2. The number of benzene rings is 1. The van der Waals surface area contributed by atoms with E-state index in [9.17, 15) is 18.0 Å². The van der Waals surface area contributed by atoms with E-state index in [1.165, 1.54) is 12.3 Å². The highest BCUT2D eigenvalue weighted by Gasteiger charge is 2.39. The Labute approximate surface area is 204 Å². The number of nitrogens with zero attached hydrogens (tertiary/aromatic N) is 2. The fourth-order valence-electron chi connectivity index (χ4n) is 4.66. The summed E-state index contributed by atoms with van der Waals surface area (Å²) in [7, 11) is -4.39. The number of anilines is 1. The number of hydrogen-bond donors (Lipinski definition) is 3. The number of amides is 1. The van der Waals surface area contributed by atoms with Gasteiger partial charge in [-0.3, -0.25) is 9.59 Å². The molecule has 1 fully saturated rings. The van der Waals surface area contributed by atoms with E-state index in [2.05, 4.69) is 25.8 Å². The molecule has 0 radical (unpaired) electrons. The van der Waals surface area contributed by atoms with E-state index in [1.807, 2.05) is 33.9 Å². The number of carbonyl (C=O) groups excluding carboxylic acids is 1. The highest BCUT2D eigenvalue weighted by Crippen LogP contribution is 2.38. The van der Waals surface area contributed by atoms with Crippen LogP contribution in [0.3, 0.4) is 0 Å². The largest absolute Gasteiger partial charge is 0.351 e. The molecule has 35 heavy (non-hydrogen) atoms. The molecule has 9 nitrogen and oxygen atoms in total. The molecule has 2 aromatic heterocycles. The summed E-state index contributed by atoms with van der Waals surface area (Å²) in [6.07, 6.45) is 2.21. The van der Waals surface area contributed by atoms with Crippen molar-refractivity contribution in [2.45, 2.75) is 44.2 Å². The van der Waals surface area contributed by atoms with Crippen LogP contribution < -0.4 is 20.9 Å². The number of aromatic amines is 1. The number of sulfonamides is 1. The van der Waals surface area contributed by atoms with Crippen LogP contribution in [0, 0.1) is 5.92 Å². The minimum atomic E-state index is -4.39. The van der Waals surface area contributed by atoms with Gasteiger partial charge in [-0.25, -0.2) is 18.1 Å². The van der Waals surface area contributed by atoms with Crippen LogP contribution in [-0.4, -0.2) is 36.4 Å². The number of rotatable bonds is 6. The maximum Gasteiger partial charge on any atom is 0.269 e. The van der Waals surface area contributed by atoms with Crippen LogP contribution in [0.2, 0.25) is 0 Å². The number of pyridine rings is 2. The summed E-state index contributed by atoms with van der Waals surface area (Å²) in [5.74, 6) is -0.100. The van der Waals surface area contributed by atoms with Gasteiger partial charge in [0.05, 0.1) is 11.3 Å². The summed E-state index contributed by atoms with van der Waals surface area (Å²) >= 11 is 0. The van der Waals surface area contributed by atoms with E-state index >= 15 is 0 Å². The molecule has 4 N–H and O–H groups in total. The number of nitrogens with two attached hydrogens (primary N) is 1. The number of carbonyl (C=O) groups is 1. The highest BCUT2D eigenvalue weighted by molar-refractivity contribution is 7.90. The molecule has 1 aromatic carbocycles. The Balaban J connectivity index is 1.79. The second-order valence-electron chi connectivity index (χ2n) is 9.50. The lowest BCUT2D eigenvalue weighted by Gasteiger charge is -2.34. The van der Waals surface area contributed by atoms with Crippen LogP contribution in [0.1, 0.15) is 43.1 Å². The molecule has 0 saturated carbocycles. The minimum Gasteiger partial charge on any atom is -0.351 e. The van der Waals surface area contributed by atoms with Gasteiger partial charge in [0.2, 0.25) is 0 Å². The molecule has 0 bridgehead atoms. The topological polar surface area (TPSA) is 138 Å². The normalized spacial score (nSPS) is 17.4. The maximum absolute atomic E-state index is 13.3. The monoisotopic (exact) mass is 495 g/mol. The standard InChI is InChI=1S/C25H29N5O4S/c1-16-13-25(2,3)30(15-16)22-19(9-10-20(28-22)18-7-4-6-17(12-18)14-26)23(31)29-35(33,34)21-8-5-11-27-24(21)32/h4-12,16H,13-15,26H2,1-3H3,(H,27,32)(H,29,31)/t16-/m0/s1. The Morgan fingerprint density at radius 3 is 2.66 bits per heavy atom. The van der Waals surface area contributed by atoms with Gasteiger partial charge in [-0.2, -0.15) is 0 Å². The second-order valence-corrected chi connectivity index (χ2v) is 11.2. The first-order valence-electron chi connectivity index (χ1n) is 11.3. The molecule has 1 aliphatic heterocycles. The molecule has 0 aliphatic carbocycles. The summed E-state index contributed by atoms with van der Waals surface area (Å²) < 4.78 is 27.7. The molecule has 3 heterocycles. The van der Waals surface area contributed by atoms with Crippen LogP contribution in [-0.2, 0) is 16.6 Å². The molecule has 1 saturated heterocycles. The lowest BCUT2D eigenvalue weighted by atomic mass is 9.97. The SMILES string of the molecule is C[C@@H]1CN(c2nc(-c3cccc(CN)c3)ccc2C(=O)NS(=O)(=O)c2ccc[nH]c2=O)C(C)(C)C1. The molecule has 1 amide bonds. The van der Waals surface area contributed by atoms with Crippen molar-refractivity contribution in [3.63, 3.8) is 0 Å². The molecule has 0 spiro atoms. The Kier molecular flexibility index (Phi) is 6.52. The predicted molar refractivity (Wildman–Crippen MR) is 134 cm³/mol. The van der Waals surface area contributed by atoms with Crippen molar-refractivity contribution >= 4 is 21.7 Å². The van der Waals surface area contributed by atoms with E-state index < -0.39 is 26.4 Å². The third-order valence-electron chi connectivity index (χ3n) is 6.21. The van der Waals surface area contributed by atoms with Gasteiger partial charge in [0.1, 0.15) is 5.82 Å². The molecule has 1 atom stereocenters. The van der Waals surface area contributed by atoms with E-state index in [1.54, 1.807) is 12.1 Å². The fourth-order valence-corrected chi connectivity index (χ4v) is 5.68. The Morgan fingerprint density at radius 2 is 2.00 bits per heavy atom. The lowest BCUT2D eigenvalue weighted by Crippen LogP contribution is -2.41. The van der Waals surface area contributed by atoms with Crippen molar-refractivity contribution in [2.24, 2.45) is 11.7 Å². The summed E-state index contributed by atoms with van der Waals surface area (Å²) in [4.78, 5) is 34.0. The zero-order chi connectivity index (χ0) is 25.4. The van der Waals surface area contributed by atoms with Crippen molar-refractivity contribution in [3.8, 4) is 11.3 Å². The third-order valence-corrected chi connectivity index (χ3v) is 7.56. The van der Waals surface area contributed by atoms with Crippen molar-refractivity contribution < 1.29 is 13.2 Å². The predicted octanol–water partition coefficient (Wildman–Crippen LogP) is 2.64. The molecule has 184 valence electrons. The first-order chi connectivity index (χ1) is 16.5. The number of H-pyrrole nitrogens is 1. The molecular formula is C25H29N5O4S. The summed E-state index contributed by atoms with van der Waals surface area (Å²) in [6.45, 7) is 7.32. The van der Waals surface area contributed by atoms with Crippen LogP contribution >= 0.6 is 0 Å². The van der Waals surface area contributed by atoms with Gasteiger partial charge in [0, 0.05) is 30.4 Å². The van der Waals surface area contributed by atoms with E-state index in [0.29, 0.717) is 30.5 Å². The zero-order valence-corrected chi connectivity index (χ0v) is 20.7. The Morgan fingerprint density at radius 1 is 1.23 bits per heavy atom. The highest BCUT2D eigenvalue weighted by atomic mass is 32.2. The summed E-state index contributed by atoms with van der Waals surface area (Å²) in [5, 5.41) is 0. The number of hydrogen-bond acceptors (Lipinski definition) is 7. The van der Waals surface area contributed by atoms with E-state index in [-0.39, 0.29) is 11.1 Å². The van der Waals surface area contributed by atoms with Gasteiger partial charge in [-0.15, -0.1) is 0 Å². The average molecular weight is 496 g/mol. The fraction of sp³-hybridized carbons (Fsp3) is 0.320. The van der Waals surface area contributed by atoms with Crippen molar-refractivity contribution in [3.05, 3.63) is 76.2 Å². The quantitative estimate of drug-likeness (QED) is 0.478. The van der Waals surface area contributed by atoms with E-state index in [0.717, 1.165) is 23.6 Å². The number of nitrogens with one attached hydrogen (secondary N) is 2. The molecule has 3 aromatic rings. The smallest absolute Gasteiger partial charge is 0.269 e. The van der Waals surface area contributed by atoms with Crippen LogP contribution in [0.25, 0.3) is 11.3 Å². The summed E-state index contributed by atoms with van der Waals surface area (Å²) in [6, 6.07) is 13.5. The van der Waals surface area contributed by atoms with Gasteiger partial charge in [-0.05, 0) is 62.1 Å². The summed E-state index contributed by atoms with van der Waals surface area (Å²) in [5.41, 5.74) is 7.23. The molecule has 4 rings (SSSR count). The van der Waals surface area contributed by atoms with Crippen molar-refractivity contribution in [1.82, 2.24) is 14.7 Å². The maximum atomic E-state index is 13.3. The molecule has 1 aliphatic rings. The van der Waals surface area contributed by atoms with Gasteiger partial charge in [0.25, 0.3) is 21.5 Å². The van der Waals surface area contributed by atoms with Crippen LogP contribution in [0.5, 0.6) is 0 Å². The minimum absolute atomic E-state index is 0.113. The molecule has 0 unspecified atom stereocenters. The van der Waals surface area contributed by atoms with Gasteiger partial charge < -0.3 is 15.6 Å². The first-order valence-corrected chi connectivity index (χ1v) is 12.8. The average Bonchev–Trinajstić information content (AvgIpc) is 3.10. The van der Waals surface area contributed by atoms with Crippen molar-refractivity contribution in [1.29, 1.82) is 0 Å². The van der Waals surface area contributed by atoms with Gasteiger partial charge in [-0.1, -0.05) is 25.1 Å². The van der Waals surface area contributed by atoms with Crippen molar-refractivity contribution in [2.75, 3.05) is 11.4 Å². The molecular weight excluding hydrogens is 466 g/mol. The Hall–Kier alpha value is -3.50. The van der Waals surface area contributed by atoms with Crippen LogP contribution in [0.4, 0.5) is 5.82 Å². The first kappa shape index (κ1) is 24.6. The van der Waals surface area contributed by atoms with E-state index in [4.69, 9.17) is 10.7 Å². The Bertz CT molecular complexity index is 1430.